The maximum absolute atomic E-state index is 12.8. The van der Waals surface area contributed by atoms with Gasteiger partial charge in [-0.25, -0.2) is 0 Å². The van der Waals surface area contributed by atoms with Crippen LogP contribution < -0.4 is 10.6 Å². The van der Waals surface area contributed by atoms with Crippen molar-refractivity contribution in [3.8, 4) is 0 Å². The van der Waals surface area contributed by atoms with Crippen LogP contribution in [0.4, 0.5) is 5.69 Å². The number of carbonyl (C=O) groups excluding carboxylic acids is 2. The predicted octanol–water partition coefficient (Wildman–Crippen LogP) is 3.77. The maximum Gasteiger partial charge on any atom is 0.253 e. The molecule has 1 heterocycles. The molecule has 3 atom stereocenters. The third-order valence-electron chi connectivity index (χ3n) is 5.65. The smallest absolute Gasteiger partial charge is 0.253 e. The lowest BCUT2D eigenvalue weighted by Gasteiger charge is -2.14. The molecule has 2 aliphatic rings. The monoisotopic (exact) mass is 370 g/mol. The Morgan fingerprint density at radius 2 is 2.00 bits per heavy atom. The van der Waals surface area contributed by atoms with Gasteiger partial charge in [-0.05, 0) is 50.2 Å². The van der Waals surface area contributed by atoms with Gasteiger partial charge < -0.3 is 15.4 Å². The summed E-state index contributed by atoms with van der Waals surface area (Å²) in [6.07, 6.45) is 4.27. The first-order chi connectivity index (χ1) is 12.8. The van der Waals surface area contributed by atoms with Gasteiger partial charge >= 0.3 is 0 Å². The average Bonchev–Trinajstić information content (AvgIpc) is 2.98. The first kappa shape index (κ1) is 19.6. The summed E-state index contributed by atoms with van der Waals surface area (Å²) in [5.41, 5.74) is 2.21. The first-order valence-electron chi connectivity index (χ1n) is 9.75. The number of hydrogen-bond acceptors (Lipinski definition) is 3. The van der Waals surface area contributed by atoms with Gasteiger partial charge in [0.05, 0.1) is 23.3 Å². The van der Waals surface area contributed by atoms with E-state index in [1.165, 1.54) is 5.57 Å². The molecule has 1 aliphatic carbocycles. The van der Waals surface area contributed by atoms with Gasteiger partial charge in [0.25, 0.3) is 5.91 Å². The van der Waals surface area contributed by atoms with Gasteiger partial charge in [0.2, 0.25) is 5.91 Å². The molecule has 1 aromatic carbocycles. The molecule has 1 aliphatic heterocycles. The Morgan fingerprint density at radius 3 is 2.67 bits per heavy atom. The third kappa shape index (κ3) is 4.41. The fraction of sp³-hybridized carbons (Fsp3) is 0.545. The van der Waals surface area contributed by atoms with Gasteiger partial charge in [-0.15, -0.1) is 0 Å². The molecule has 2 fully saturated rings. The quantitative estimate of drug-likeness (QED) is 0.749. The molecule has 5 heteroatoms. The van der Waals surface area contributed by atoms with Crippen LogP contribution >= 0.6 is 0 Å². The van der Waals surface area contributed by atoms with Gasteiger partial charge in [0, 0.05) is 13.2 Å². The molecule has 1 saturated heterocycles. The van der Waals surface area contributed by atoms with E-state index in [1.807, 2.05) is 12.1 Å². The minimum Gasteiger partial charge on any atom is -0.376 e. The van der Waals surface area contributed by atoms with E-state index in [0.29, 0.717) is 17.8 Å². The van der Waals surface area contributed by atoms with Crippen molar-refractivity contribution in [2.45, 2.75) is 46.6 Å². The van der Waals surface area contributed by atoms with Crippen molar-refractivity contribution < 1.29 is 14.3 Å². The number of carbonyl (C=O) groups is 2. The normalized spacial score (nSPS) is 25.6. The van der Waals surface area contributed by atoms with Crippen molar-refractivity contribution in [1.82, 2.24) is 5.32 Å². The van der Waals surface area contributed by atoms with Crippen LogP contribution in [0.25, 0.3) is 0 Å². The van der Waals surface area contributed by atoms with Crippen LogP contribution in [0.3, 0.4) is 0 Å². The Labute approximate surface area is 161 Å². The van der Waals surface area contributed by atoms with E-state index < -0.39 is 0 Å². The number of anilines is 1. The Hall–Kier alpha value is -2.14. The number of amides is 2. The first-order valence-corrected chi connectivity index (χ1v) is 9.75. The molecule has 2 N–H and O–H groups in total. The topological polar surface area (TPSA) is 67.4 Å². The summed E-state index contributed by atoms with van der Waals surface area (Å²) in [4.78, 5) is 25.4. The highest BCUT2D eigenvalue weighted by Crippen LogP contribution is 2.59. The number of rotatable bonds is 6. The molecule has 2 amide bonds. The summed E-state index contributed by atoms with van der Waals surface area (Å²) in [5.74, 6) is -0.0439. The fourth-order valence-electron chi connectivity index (χ4n) is 3.96. The fourth-order valence-corrected chi connectivity index (χ4v) is 3.96. The number of ether oxygens (including phenoxy) is 1. The second-order valence-electron chi connectivity index (χ2n) is 8.45. The van der Waals surface area contributed by atoms with Crippen LogP contribution in [0.1, 0.15) is 50.9 Å². The van der Waals surface area contributed by atoms with Crippen molar-refractivity contribution in [2.75, 3.05) is 18.5 Å². The number of para-hydroxylation sites is 1. The summed E-state index contributed by atoms with van der Waals surface area (Å²) < 4.78 is 5.55. The second kappa shape index (κ2) is 7.85. The zero-order chi connectivity index (χ0) is 19.6. The lowest BCUT2D eigenvalue weighted by Crippen LogP contribution is -2.32. The van der Waals surface area contributed by atoms with Crippen molar-refractivity contribution in [1.29, 1.82) is 0 Å². The molecule has 0 aromatic heterocycles. The number of nitrogens with one attached hydrogen (secondary N) is 2. The third-order valence-corrected chi connectivity index (χ3v) is 5.65. The summed E-state index contributed by atoms with van der Waals surface area (Å²) in [6, 6.07) is 7.16. The standard InChI is InChI=1S/C22H30N2O3/c1-14(2)12-17-19(22(17,3)4)21(26)24-18-10-6-5-9-16(18)20(25)23-13-15-8-7-11-27-15/h5-6,9-10,12,15,17,19H,7-8,11,13H2,1-4H3,(H,23,25)(H,24,26)/t15-,17+,19+/m0/s1. The summed E-state index contributed by atoms with van der Waals surface area (Å²) >= 11 is 0. The van der Waals surface area contributed by atoms with Crippen molar-refractivity contribution in [2.24, 2.45) is 17.3 Å². The van der Waals surface area contributed by atoms with E-state index in [1.54, 1.807) is 12.1 Å². The van der Waals surface area contributed by atoms with E-state index >= 15 is 0 Å². The van der Waals surface area contributed by atoms with Crippen LogP contribution in [0, 0.1) is 17.3 Å². The average molecular weight is 370 g/mol. The SMILES string of the molecule is CC(C)=C[C@@H]1[C@H](C(=O)Nc2ccccc2C(=O)NC[C@@H]2CCCO2)C1(C)C. The van der Waals surface area contributed by atoms with Crippen LogP contribution in [0.15, 0.2) is 35.9 Å². The van der Waals surface area contributed by atoms with Crippen LogP contribution in [0.5, 0.6) is 0 Å². The van der Waals surface area contributed by atoms with E-state index in [-0.39, 0.29) is 35.2 Å². The van der Waals surface area contributed by atoms with Crippen LogP contribution in [-0.4, -0.2) is 31.1 Å². The van der Waals surface area contributed by atoms with Crippen LogP contribution in [-0.2, 0) is 9.53 Å². The molecule has 0 radical (unpaired) electrons. The Kier molecular flexibility index (Phi) is 5.70. The molecule has 0 bridgehead atoms. The van der Waals surface area contributed by atoms with Gasteiger partial charge in [0.1, 0.15) is 0 Å². The summed E-state index contributed by atoms with van der Waals surface area (Å²) in [5, 5.41) is 5.91. The predicted molar refractivity (Wildman–Crippen MR) is 107 cm³/mol. The molecule has 27 heavy (non-hydrogen) atoms. The molecule has 0 unspecified atom stereocenters. The highest BCUT2D eigenvalue weighted by atomic mass is 16.5. The van der Waals surface area contributed by atoms with Gasteiger partial charge in [-0.3, -0.25) is 9.59 Å². The number of allylic oxidation sites excluding steroid dienone is 2. The minimum absolute atomic E-state index is 0.0260. The lowest BCUT2D eigenvalue weighted by molar-refractivity contribution is -0.118. The Bertz CT molecular complexity index is 744. The van der Waals surface area contributed by atoms with Crippen molar-refractivity contribution in [3.63, 3.8) is 0 Å². The molecular weight excluding hydrogens is 340 g/mol. The van der Waals surface area contributed by atoms with Gasteiger partial charge in [-0.1, -0.05) is 37.6 Å². The van der Waals surface area contributed by atoms with E-state index in [4.69, 9.17) is 4.74 Å². The summed E-state index contributed by atoms with van der Waals surface area (Å²) in [6.45, 7) is 9.59. The van der Waals surface area contributed by atoms with E-state index in [0.717, 1.165) is 19.4 Å². The highest BCUT2D eigenvalue weighted by molar-refractivity contribution is 6.05. The zero-order valence-corrected chi connectivity index (χ0v) is 16.7. The molecule has 5 nitrogen and oxygen atoms in total. The molecular formula is C22H30N2O3. The Morgan fingerprint density at radius 1 is 1.26 bits per heavy atom. The molecule has 0 spiro atoms. The summed E-state index contributed by atoms with van der Waals surface area (Å²) in [7, 11) is 0. The highest BCUT2D eigenvalue weighted by Gasteiger charge is 2.60. The number of hydrogen-bond donors (Lipinski definition) is 2. The lowest BCUT2D eigenvalue weighted by atomic mass is 10.1. The molecule has 146 valence electrons. The molecule has 1 aromatic rings. The second-order valence-corrected chi connectivity index (χ2v) is 8.45. The van der Waals surface area contributed by atoms with Crippen molar-refractivity contribution in [3.05, 3.63) is 41.5 Å². The zero-order valence-electron chi connectivity index (χ0n) is 16.7. The van der Waals surface area contributed by atoms with E-state index in [2.05, 4.69) is 44.4 Å². The molecule has 1 saturated carbocycles. The van der Waals surface area contributed by atoms with Crippen molar-refractivity contribution >= 4 is 17.5 Å². The minimum atomic E-state index is -0.183. The molecule has 3 rings (SSSR count). The van der Waals surface area contributed by atoms with E-state index in [9.17, 15) is 9.59 Å². The maximum atomic E-state index is 12.8. The van der Waals surface area contributed by atoms with Gasteiger partial charge in [-0.2, -0.15) is 0 Å². The van der Waals surface area contributed by atoms with Crippen LogP contribution in [0.2, 0.25) is 0 Å². The van der Waals surface area contributed by atoms with Gasteiger partial charge in [0.15, 0.2) is 0 Å². The Balaban J connectivity index is 1.66. The largest absolute Gasteiger partial charge is 0.376 e. The number of benzene rings is 1.